The highest BCUT2D eigenvalue weighted by Crippen LogP contribution is 2.36. The first-order valence-electron chi connectivity index (χ1n) is 4.19. The van der Waals surface area contributed by atoms with E-state index in [4.69, 9.17) is 5.11 Å². The molecule has 0 saturated carbocycles. The molecule has 0 fully saturated rings. The second-order valence-corrected chi connectivity index (χ2v) is 3.08. The van der Waals surface area contributed by atoms with Gasteiger partial charge in [-0.3, -0.25) is 4.68 Å². The molecular formula is C8H10F4N2O. The molecule has 3 nitrogen and oxygen atoms in total. The van der Waals surface area contributed by atoms with Crippen LogP contribution < -0.4 is 0 Å². The number of aryl methyl sites for hydroxylation is 1. The first kappa shape index (κ1) is 12.0. The van der Waals surface area contributed by atoms with Crippen LogP contribution in [0.4, 0.5) is 17.6 Å². The molecule has 7 heteroatoms. The van der Waals surface area contributed by atoms with Crippen LogP contribution in [-0.4, -0.2) is 21.5 Å². The van der Waals surface area contributed by atoms with Crippen molar-refractivity contribution in [2.45, 2.75) is 18.8 Å². The van der Waals surface area contributed by atoms with E-state index in [0.29, 0.717) is 0 Å². The molecule has 1 heterocycles. The minimum Gasteiger partial charge on any atom is -0.396 e. The molecule has 1 rings (SSSR count). The van der Waals surface area contributed by atoms with Crippen molar-refractivity contribution in [1.82, 2.24) is 9.78 Å². The maximum absolute atomic E-state index is 13.2. The van der Waals surface area contributed by atoms with Crippen molar-refractivity contribution in [3.63, 3.8) is 0 Å². The molecule has 0 amide bonds. The Morgan fingerprint density at radius 2 is 2.13 bits per heavy atom. The summed E-state index contributed by atoms with van der Waals surface area (Å²) < 4.78 is 52.1. The van der Waals surface area contributed by atoms with Gasteiger partial charge < -0.3 is 5.11 Å². The fraction of sp³-hybridized carbons (Fsp3) is 0.625. The molecular weight excluding hydrogens is 216 g/mol. The normalized spacial score (nSPS) is 12.5. The Morgan fingerprint density at radius 1 is 1.53 bits per heavy atom. The lowest BCUT2D eigenvalue weighted by atomic mass is 10.1. The predicted octanol–water partition coefficient (Wildman–Crippen LogP) is 1.83. The zero-order valence-corrected chi connectivity index (χ0v) is 7.92. The molecule has 15 heavy (non-hydrogen) atoms. The van der Waals surface area contributed by atoms with Crippen molar-refractivity contribution in [2.24, 2.45) is 7.05 Å². The SMILES string of the molecule is Cn1cc(C(F)(F)CCO)c(C(F)F)n1. The van der Waals surface area contributed by atoms with Gasteiger partial charge >= 0.3 is 0 Å². The third-order valence-electron chi connectivity index (χ3n) is 1.88. The molecule has 0 aliphatic rings. The monoisotopic (exact) mass is 226 g/mol. The van der Waals surface area contributed by atoms with Crippen molar-refractivity contribution < 1.29 is 22.7 Å². The molecule has 1 aromatic heterocycles. The first-order valence-corrected chi connectivity index (χ1v) is 4.19. The summed E-state index contributed by atoms with van der Waals surface area (Å²) >= 11 is 0. The lowest BCUT2D eigenvalue weighted by Crippen LogP contribution is -2.16. The third kappa shape index (κ3) is 2.47. The van der Waals surface area contributed by atoms with Crippen LogP contribution in [0.5, 0.6) is 0 Å². The zero-order valence-electron chi connectivity index (χ0n) is 7.92. The van der Waals surface area contributed by atoms with Crippen LogP contribution in [-0.2, 0) is 13.0 Å². The van der Waals surface area contributed by atoms with E-state index < -0.39 is 36.6 Å². The van der Waals surface area contributed by atoms with Gasteiger partial charge in [-0.15, -0.1) is 0 Å². The zero-order chi connectivity index (χ0) is 11.6. The molecule has 0 aromatic carbocycles. The van der Waals surface area contributed by atoms with Crippen molar-refractivity contribution in [3.8, 4) is 0 Å². The minimum absolute atomic E-state index is 0.773. The highest BCUT2D eigenvalue weighted by molar-refractivity contribution is 5.23. The number of nitrogens with zero attached hydrogens (tertiary/aromatic N) is 2. The average molecular weight is 226 g/mol. The predicted molar refractivity (Wildman–Crippen MR) is 43.8 cm³/mol. The number of hydrogen-bond donors (Lipinski definition) is 1. The Balaban J connectivity index is 3.12. The third-order valence-corrected chi connectivity index (χ3v) is 1.88. The molecule has 0 bridgehead atoms. The minimum atomic E-state index is -3.48. The van der Waals surface area contributed by atoms with E-state index in [1.807, 2.05) is 0 Å². The van der Waals surface area contributed by atoms with Crippen LogP contribution in [0.15, 0.2) is 6.20 Å². The van der Waals surface area contributed by atoms with Gasteiger partial charge in [-0.25, -0.2) is 17.6 Å². The van der Waals surface area contributed by atoms with Crippen LogP contribution in [0.2, 0.25) is 0 Å². The van der Waals surface area contributed by atoms with Gasteiger partial charge in [0, 0.05) is 26.3 Å². The van der Waals surface area contributed by atoms with Crippen molar-refractivity contribution in [2.75, 3.05) is 6.61 Å². The molecule has 0 saturated heterocycles. The van der Waals surface area contributed by atoms with E-state index in [9.17, 15) is 17.6 Å². The van der Waals surface area contributed by atoms with E-state index in [1.165, 1.54) is 7.05 Å². The molecule has 0 radical (unpaired) electrons. The van der Waals surface area contributed by atoms with Gasteiger partial charge in [0.25, 0.3) is 12.3 Å². The summed E-state index contributed by atoms with van der Waals surface area (Å²) in [7, 11) is 1.28. The smallest absolute Gasteiger partial charge is 0.282 e. The summed E-state index contributed by atoms with van der Waals surface area (Å²) in [4.78, 5) is 0. The summed E-state index contributed by atoms with van der Waals surface area (Å²) in [5, 5.41) is 11.7. The Hall–Kier alpha value is -1.11. The van der Waals surface area contributed by atoms with Crippen LogP contribution >= 0.6 is 0 Å². The standard InChI is InChI=1S/C8H10F4N2O/c1-14-4-5(6(13-14)7(9)10)8(11,12)2-3-15/h4,7,15H,2-3H2,1H3. The number of alkyl halides is 4. The first-order chi connectivity index (χ1) is 6.88. The molecule has 1 aromatic rings. The van der Waals surface area contributed by atoms with Crippen LogP contribution in [0, 0.1) is 0 Å². The number of halogens is 4. The van der Waals surface area contributed by atoms with Crippen LogP contribution in [0.1, 0.15) is 24.1 Å². The second-order valence-electron chi connectivity index (χ2n) is 3.08. The van der Waals surface area contributed by atoms with E-state index in [-0.39, 0.29) is 0 Å². The molecule has 0 aliphatic carbocycles. The van der Waals surface area contributed by atoms with Gasteiger partial charge in [-0.1, -0.05) is 0 Å². The van der Waals surface area contributed by atoms with E-state index >= 15 is 0 Å². The summed E-state index contributed by atoms with van der Waals surface area (Å²) in [6.07, 6.45) is -3.10. The average Bonchev–Trinajstić information content (AvgIpc) is 2.47. The Labute approximate surface area is 83.3 Å². The number of aliphatic hydroxyl groups is 1. The number of rotatable bonds is 4. The van der Waals surface area contributed by atoms with Crippen molar-refractivity contribution >= 4 is 0 Å². The lowest BCUT2D eigenvalue weighted by Gasteiger charge is -2.14. The fourth-order valence-corrected chi connectivity index (χ4v) is 1.22. The van der Waals surface area contributed by atoms with Crippen molar-refractivity contribution in [3.05, 3.63) is 17.5 Å². The number of aliphatic hydroxyl groups excluding tert-OH is 1. The molecule has 0 unspecified atom stereocenters. The molecule has 0 aliphatic heterocycles. The summed E-state index contributed by atoms with van der Waals surface area (Å²) in [5.41, 5.74) is -1.76. The molecule has 1 N–H and O–H groups in total. The Bertz CT molecular complexity index is 337. The maximum atomic E-state index is 13.2. The highest BCUT2D eigenvalue weighted by Gasteiger charge is 2.37. The highest BCUT2D eigenvalue weighted by atomic mass is 19.3. The maximum Gasteiger partial charge on any atom is 0.282 e. The molecule has 0 atom stereocenters. The van der Waals surface area contributed by atoms with Crippen LogP contribution in [0.3, 0.4) is 0 Å². The fourth-order valence-electron chi connectivity index (χ4n) is 1.22. The largest absolute Gasteiger partial charge is 0.396 e. The van der Waals surface area contributed by atoms with Gasteiger partial charge in [-0.2, -0.15) is 5.10 Å². The Kier molecular flexibility index (Phi) is 3.33. The second kappa shape index (κ2) is 4.18. The number of aromatic nitrogens is 2. The van der Waals surface area contributed by atoms with Gasteiger partial charge in [0.15, 0.2) is 0 Å². The molecule has 86 valence electrons. The van der Waals surface area contributed by atoms with E-state index in [0.717, 1.165) is 10.9 Å². The van der Waals surface area contributed by atoms with Gasteiger partial charge in [0.2, 0.25) is 0 Å². The summed E-state index contributed by atoms with van der Waals surface area (Å²) in [6.45, 7) is -0.773. The van der Waals surface area contributed by atoms with E-state index in [1.54, 1.807) is 0 Å². The van der Waals surface area contributed by atoms with Crippen molar-refractivity contribution in [1.29, 1.82) is 0 Å². The number of hydrogen-bond acceptors (Lipinski definition) is 2. The van der Waals surface area contributed by atoms with Gasteiger partial charge in [0.1, 0.15) is 5.69 Å². The van der Waals surface area contributed by atoms with E-state index in [2.05, 4.69) is 5.10 Å². The van der Waals surface area contributed by atoms with Gasteiger partial charge in [0.05, 0.1) is 5.56 Å². The lowest BCUT2D eigenvalue weighted by molar-refractivity contribution is -0.0304. The topological polar surface area (TPSA) is 38.0 Å². The summed E-state index contributed by atoms with van der Waals surface area (Å²) in [6, 6.07) is 0. The van der Waals surface area contributed by atoms with Crippen LogP contribution in [0.25, 0.3) is 0 Å². The summed E-state index contributed by atoms with van der Waals surface area (Å²) in [5.74, 6) is -3.48. The quantitative estimate of drug-likeness (QED) is 0.795. The Morgan fingerprint density at radius 3 is 2.60 bits per heavy atom. The van der Waals surface area contributed by atoms with Gasteiger partial charge in [-0.05, 0) is 0 Å². The molecule has 0 spiro atoms.